The molecule has 5 N–H and O–H groups in total. The van der Waals surface area contributed by atoms with Gasteiger partial charge < -0.3 is 35.1 Å². The Labute approximate surface area is 129 Å². The Morgan fingerprint density at radius 1 is 1.21 bits per heavy atom. The van der Waals surface area contributed by atoms with Gasteiger partial charge in [0.25, 0.3) is 0 Å². The molecule has 11 nitrogen and oxygen atoms in total. The smallest absolute Gasteiger partial charge is 0.495 e. The first-order valence-electron chi connectivity index (χ1n) is 4.62. The maximum atomic E-state index is 11.1. The first-order chi connectivity index (χ1) is 8.38. The van der Waals surface area contributed by atoms with Crippen molar-refractivity contribution in [2.45, 2.75) is 30.7 Å². The molecule has 6 atom stereocenters. The average molecular weight is 314 g/mol. The predicted octanol–water partition coefficient (Wildman–Crippen LogP) is -3.69. The van der Waals surface area contributed by atoms with Gasteiger partial charge in [-0.3, -0.25) is 4.52 Å². The number of hydrogen-bond donors (Lipinski definition) is 5. The van der Waals surface area contributed by atoms with Crippen molar-refractivity contribution in [3.8, 4) is 0 Å². The Kier molecular flexibility index (Phi) is 8.68. The van der Waals surface area contributed by atoms with Gasteiger partial charge in [0.1, 0.15) is 24.4 Å². The van der Waals surface area contributed by atoms with E-state index in [1.54, 1.807) is 0 Å². The summed E-state index contributed by atoms with van der Waals surface area (Å²) >= 11 is 0. The van der Waals surface area contributed by atoms with Gasteiger partial charge in [0.05, 0.1) is 6.61 Å². The van der Waals surface area contributed by atoms with Crippen LogP contribution in [0.3, 0.4) is 0 Å². The van der Waals surface area contributed by atoms with Crippen LogP contribution in [0.25, 0.3) is 0 Å². The van der Waals surface area contributed by atoms with E-state index in [0.717, 1.165) is 0 Å². The van der Waals surface area contributed by atoms with E-state index in [0.29, 0.717) is 0 Å². The van der Waals surface area contributed by atoms with Crippen LogP contribution in [-0.2, 0) is 23.2 Å². The van der Waals surface area contributed by atoms with Crippen molar-refractivity contribution in [3.63, 3.8) is 0 Å². The molecule has 0 saturated carbocycles. The molecule has 1 rings (SSSR count). The van der Waals surface area contributed by atoms with Crippen LogP contribution in [0.1, 0.15) is 0 Å². The second kappa shape index (κ2) is 8.32. The molecule has 1 fully saturated rings. The number of phosphoric acid groups is 1. The summed E-state index contributed by atoms with van der Waals surface area (Å²) in [5.41, 5.74) is 0. The van der Waals surface area contributed by atoms with E-state index in [2.05, 4.69) is 13.9 Å². The third-order valence-corrected chi connectivity index (χ3v) is 3.12. The maximum absolute atomic E-state index is 11.1. The Bertz CT molecular complexity index is 306. The second-order valence-electron chi connectivity index (χ2n) is 3.41. The molecule has 3 unspecified atom stereocenters. The van der Waals surface area contributed by atoms with Crippen LogP contribution in [0.2, 0.25) is 0 Å². The molecule has 0 amide bonds. The number of rotatable bonds is 5. The van der Waals surface area contributed by atoms with Gasteiger partial charge in [-0.25, -0.2) is 9.82 Å². The van der Waals surface area contributed by atoms with Crippen molar-refractivity contribution in [2.75, 3.05) is 6.61 Å². The van der Waals surface area contributed by atoms with E-state index in [4.69, 9.17) is 15.1 Å². The fourth-order valence-electron chi connectivity index (χ4n) is 1.33. The summed E-state index contributed by atoms with van der Waals surface area (Å²) in [4.78, 5) is 0. The van der Waals surface area contributed by atoms with Gasteiger partial charge in [-0.1, -0.05) is 0 Å². The molecule has 1 aliphatic rings. The molecule has 0 bridgehead atoms. The van der Waals surface area contributed by atoms with Crippen molar-refractivity contribution < 1.29 is 54.1 Å². The minimum Gasteiger partial charge on any atom is -0.714 e. The van der Waals surface area contributed by atoms with Gasteiger partial charge in [-0.2, -0.15) is 0 Å². The van der Waals surface area contributed by atoms with Gasteiger partial charge in [-0.05, 0) is 0 Å². The van der Waals surface area contributed by atoms with E-state index >= 15 is 0 Å². The van der Waals surface area contributed by atoms with Crippen LogP contribution in [0.15, 0.2) is 0 Å². The second-order valence-corrected chi connectivity index (χ2v) is 4.82. The third-order valence-electron chi connectivity index (χ3n) is 2.27. The van der Waals surface area contributed by atoms with Crippen LogP contribution in [-0.4, -0.2) is 92.6 Å². The van der Waals surface area contributed by atoms with Gasteiger partial charge in [0, 0.05) is 29.6 Å². The minimum atomic E-state index is -4.93. The van der Waals surface area contributed by atoms with E-state index in [1.165, 1.54) is 0 Å². The van der Waals surface area contributed by atoms with Crippen LogP contribution < -0.4 is 5.26 Å². The molecular weight excluding hydrogens is 302 g/mol. The fourth-order valence-corrected chi connectivity index (χ4v) is 1.86. The molecule has 1 heterocycles. The summed E-state index contributed by atoms with van der Waals surface area (Å²) in [6.45, 7) is -0.757. The monoisotopic (exact) mass is 314 g/mol. The van der Waals surface area contributed by atoms with Crippen LogP contribution >= 0.6 is 7.82 Å². The van der Waals surface area contributed by atoms with Crippen molar-refractivity contribution in [2.24, 2.45) is 0 Å². The third kappa shape index (κ3) is 4.66. The summed E-state index contributed by atoms with van der Waals surface area (Å²) in [5, 5.41) is 55.1. The quantitative estimate of drug-likeness (QED) is 0.146. The van der Waals surface area contributed by atoms with E-state index in [-0.39, 0.29) is 29.6 Å². The molecule has 0 spiro atoms. The summed E-state index contributed by atoms with van der Waals surface area (Å²) in [6.07, 6.45) is -8.65. The summed E-state index contributed by atoms with van der Waals surface area (Å²) in [6, 6.07) is 0. The molecule has 1 saturated heterocycles. The van der Waals surface area contributed by atoms with Crippen LogP contribution in [0.4, 0.5) is 0 Å². The molecule has 0 aliphatic carbocycles. The van der Waals surface area contributed by atoms with E-state index < -0.39 is 45.1 Å². The Balaban J connectivity index is 0.00000324. The zero-order valence-corrected chi connectivity index (χ0v) is 12.6. The maximum Gasteiger partial charge on any atom is 0.495 e. The molecule has 1 aliphatic heterocycles. The number of aliphatic hydroxyl groups is 4. The molecular formula is C6H12NaO11P-. The number of hydrogen-bond acceptors (Lipinski definition) is 11. The van der Waals surface area contributed by atoms with Gasteiger partial charge in [-0.15, -0.1) is 4.67 Å². The van der Waals surface area contributed by atoms with E-state index in [1.807, 2.05) is 0 Å². The van der Waals surface area contributed by atoms with Crippen LogP contribution in [0, 0.1) is 0 Å². The first kappa shape index (κ1) is 19.8. The van der Waals surface area contributed by atoms with Crippen molar-refractivity contribution in [1.82, 2.24) is 0 Å². The fraction of sp³-hybridized carbons (Fsp3) is 1.00. The zero-order valence-electron chi connectivity index (χ0n) is 9.73. The van der Waals surface area contributed by atoms with Crippen LogP contribution in [0.5, 0.6) is 0 Å². The normalized spacial score (nSPS) is 38.3. The average Bonchev–Trinajstić information content (AvgIpc) is 2.39. The standard InChI is InChI=1S/C6H13O11P.Na/c7-1-2-3(8)4(9)5(10)6(14-2)15-18(13,16-11)17-12;/h2-12H,1H2;/p-1/t2-,3+,4?,5-,6?;/m1./s1. The van der Waals surface area contributed by atoms with Crippen molar-refractivity contribution >= 4 is 37.4 Å². The van der Waals surface area contributed by atoms with Crippen molar-refractivity contribution in [1.29, 1.82) is 0 Å². The topological polar surface area (TPSA) is 178 Å². The molecule has 0 aromatic heterocycles. The molecule has 19 heavy (non-hydrogen) atoms. The Hall–Kier alpha value is 0.830. The van der Waals surface area contributed by atoms with Gasteiger partial charge >= 0.3 is 7.82 Å². The SMILES string of the molecule is O=P(O[O-])(OO)OC1O[C@H](CO)[C@H](O)C(O)[C@H]1O.[Na]. The molecule has 13 heteroatoms. The predicted molar refractivity (Wildman–Crippen MR) is 53.0 cm³/mol. The van der Waals surface area contributed by atoms with E-state index in [9.17, 15) is 25.1 Å². The Morgan fingerprint density at radius 2 is 1.79 bits per heavy atom. The summed E-state index contributed by atoms with van der Waals surface area (Å²) in [5.74, 6) is 0. The summed E-state index contributed by atoms with van der Waals surface area (Å²) in [7, 11) is -4.93. The number of aliphatic hydroxyl groups excluding tert-OH is 4. The largest absolute Gasteiger partial charge is 0.714 e. The van der Waals surface area contributed by atoms with Crippen molar-refractivity contribution in [3.05, 3.63) is 0 Å². The molecule has 0 aromatic rings. The molecule has 109 valence electrons. The first-order valence-corrected chi connectivity index (χ1v) is 6.08. The Morgan fingerprint density at radius 3 is 2.21 bits per heavy atom. The molecule has 0 aromatic carbocycles. The summed E-state index contributed by atoms with van der Waals surface area (Å²) < 4.78 is 26.2. The van der Waals surface area contributed by atoms with Gasteiger partial charge in [0.2, 0.25) is 0 Å². The zero-order chi connectivity index (χ0) is 13.9. The number of ether oxygens (including phenoxy) is 1. The molecule has 1 radical (unpaired) electrons. The minimum absolute atomic E-state index is 0. The van der Waals surface area contributed by atoms with Gasteiger partial charge in [0.15, 0.2) is 6.29 Å².